The zero-order valence-corrected chi connectivity index (χ0v) is 15.6. The lowest BCUT2D eigenvalue weighted by Gasteiger charge is -2.34. The quantitative estimate of drug-likeness (QED) is 0.787. The number of ether oxygens (including phenoxy) is 1. The molecule has 140 valence electrons. The van der Waals surface area contributed by atoms with Crippen LogP contribution in [0.2, 0.25) is 0 Å². The molecular formula is C19H26N4O3. The third-order valence-corrected chi connectivity index (χ3v) is 4.57. The molecule has 1 aromatic carbocycles. The van der Waals surface area contributed by atoms with E-state index < -0.39 is 0 Å². The SMILES string of the molecule is COc1ccc(CC(=O)N2CCN(Cc3nnc(C(C)C)o3)CC2)cc1. The molecule has 3 rings (SSSR count). The van der Waals surface area contributed by atoms with Gasteiger partial charge < -0.3 is 14.1 Å². The van der Waals surface area contributed by atoms with Gasteiger partial charge in [-0.3, -0.25) is 9.69 Å². The van der Waals surface area contributed by atoms with Gasteiger partial charge in [0.15, 0.2) is 0 Å². The summed E-state index contributed by atoms with van der Waals surface area (Å²) in [6, 6.07) is 7.65. The van der Waals surface area contributed by atoms with Crippen LogP contribution in [0.1, 0.15) is 37.1 Å². The number of hydrogen-bond acceptors (Lipinski definition) is 6. The molecule has 0 unspecified atom stereocenters. The van der Waals surface area contributed by atoms with Crippen LogP contribution in [-0.2, 0) is 17.8 Å². The van der Waals surface area contributed by atoms with Crippen LogP contribution in [0.3, 0.4) is 0 Å². The highest BCUT2D eigenvalue weighted by Crippen LogP contribution is 2.15. The zero-order valence-electron chi connectivity index (χ0n) is 15.6. The van der Waals surface area contributed by atoms with Crippen molar-refractivity contribution < 1.29 is 13.9 Å². The van der Waals surface area contributed by atoms with Crippen LogP contribution in [0.15, 0.2) is 28.7 Å². The maximum atomic E-state index is 12.5. The third kappa shape index (κ3) is 4.60. The molecule has 0 bridgehead atoms. The molecule has 7 heteroatoms. The Kier molecular flexibility index (Phi) is 5.88. The number of rotatable bonds is 6. The lowest BCUT2D eigenvalue weighted by Crippen LogP contribution is -2.48. The zero-order chi connectivity index (χ0) is 18.5. The summed E-state index contributed by atoms with van der Waals surface area (Å²) in [4.78, 5) is 16.7. The number of aromatic nitrogens is 2. The van der Waals surface area contributed by atoms with E-state index in [1.54, 1.807) is 7.11 Å². The largest absolute Gasteiger partial charge is 0.497 e. The molecule has 7 nitrogen and oxygen atoms in total. The summed E-state index contributed by atoms with van der Waals surface area (Å²) in [5.74, 6) is 2.52. The average molecular weight is 358 g/mol. The number of carbonyl (C=O) groups excluding carboxylic acids is 1. The van der Waals surface area contributed by atoms with Gasteiger partial charge in [0.2, 0.25) is 17.7 Å². The van der Waals surface area contributed by atoms with Crippen molar-refractivity contribution in [2.24, 2.45) is 0 Å². The van der Waals surface area contributed by atoms with Crippen molar-refractivity contribution in [1.29, 1.82) is 0 Å². The first kappa shape index (κ1) is 18.4. The van der Waals surface area contributed by atoms with Gasteiger partial charge in [-0.05, 0) is 17.7 Å². The van der Waals surface area contributed by atoms with E-state index in [0.717, 1.165) is 37.5 Å². The van der Waals surface area contributed by atoms with Crippen LogP contribution in [0.25, 0.3) is 0 Å². The summed E-state index contributed by atoms with van der Waals surface area (Å²) in [6.07, 6.45) is 0.422. The lowest BCUT2D eigenvalue weighted by molar-refractivity contribution is -0.132. The molecule has 1 aliphatic rings. The lowest BCUT2D eigenvalue weighted by atomic mass is 10.1. The molecule has 0 aliphatic carbocycles. The monoisotopic (exact) mass is 358 g/mol. The molecule has 0 radical (unpaired) electrons. The van der Waals surface area contributed by atoms with Crippen molar-refractivity contribution in [2.75, 3.05) is 33.3 Å². The first-order valence-corrected chi connectivity index (χ1v) is 9.00. The molecule has 1 saturated heterocycles. The number of nitrogens with zero attached hydrogens (tertiary/aromatic N) is 4. The number of carbonyl (C=O) groups is 1. The molecule has 2 heterocycles. The molecular weight excluding hydrogens is 332 g/mol. The van der Waals surface area contributed by atoms with Gasteiger partial charge in [-0.25, -0.2) is 0 Å². The normalized spacial score (nSPS) is 15.5. The van der Waals surface area contributed by atoms with E-state index in [-0.39, 0.29) is 11.8 Å². The first-order valence-electron chi connectivity index (χ1n) is 9.00. The van der Waals surface area contributed by atoms with E-state index >= 15 is 0 Å². The molecule has 1 aromatic heterocycles. The Morgan fingerprint density at radius 2 is 1.85 bits per heavy atom. The van der Waals surface area contributed by atoms with E-state index in [1.807, 2.05) is 43.0 Å². The van der Waals surface area contributed by atoms with Crippen LogP contribution in [0.5, 0.6) is 5.75 Å². The molecule has 1 fully saturated rings. The highest BCUT2D eigenvalue weighted by molar-refractivity contribution is 5.78. The van der Waals surface area contributed by atoms with Crippen LogP contribution in [0, 0.1) is 0 Å². The minimum atomic E-state index is 0.162. The summed E-state index contributed by atoms with van der Waals surface area (Å²) in [5, 5.41) is 8.17. The summed E-state index contributed by atoms with van der Waals surface area (Å²) in [6.45, 7) is 7.77. The maximum absolute atomic E-state index is 12.5. The third-order valence-electron chi connectivity index (χ3n) is 4.57. The van der Waals surface area contributed by atoms with Crippen molar-refractivity contribution >= 4 is 5.91 Å². The second-order valence-corrected chi connectivity index (χ2v) is 6.87. The molecule has 26 heavy (non-hydrogen) atoms. The minimum absolute atomic E-state index is 0.162. The predicted octanol–water partition coefficient (Wildman–Crippen LogP) is 2.09. The number of amides is 1. The highest BCUT2D eigenvalue weighted by atomic mass is 16.5. The van der Waals surface area contributed by atoms with Crippen molar-refractivity contribution in [3.05, 3.63) is 41.6 Å². The smallest absolute Gasteiger partial charge is 0.230 e. The van der Waals surface area contributed by atoms with E-state index in [1.165, 1.54) is 0 Å². The summed E-state index contributed by atoms with van der Waals surface area (Å²) in [5.41, 5.74) is 1.00. The fourth-order valence-electron chi connectivity index (χ4n) is 2.94. The molecule has 2 aromatic rings. The number of methoxy groups -OCH3 is 1. The van der Waals surface area contributed by atoms with E-state index in [9.17, 15) is 4.79 Å². The Labute approximate surface area is 153 Å². The molecule has 0 N–H and O–H groups in total. The molecule has 1 aliphatic heterocycles. The Bertz CT molecular complexity index is 719. The molecule has 0 spiro atoms. The predicted molar refractivity (Wildman–Crippen MR) is 96.9 cm³/mol. The molecule has 0 saturated carbocycles. The number of piperazine rings is 1. The van der Waals surface area contributed by atoms with Gasteiger partial charge in [0.05, 0.1) is 20.1 Å². The van der Waals surface area contributed by atoms with Gasteiger partial charge in [-0.15, -0.1) is 10.2 Å². The second kappa shape index (κ2) is 8.31. The highest BCUT2D eigenvalue weighted by Gasteiger charge is 2.22. The van der Waals surface area contributed by atoms with Gasteiger partial charge in [0.1, 0.15) is 5.75 Å². The summed E-state index contributed by atoms with van der Waals surface area (Å²) in [7, 11) is 1.64. The summed E-state index contributed by atoms with van der Waals surface area (Å²) >= 11 is 0. The Morgan fingerprint density at radius 1 is 1.15 bits per heavy atom. The van der Waals surface area contributed by atoms with Gasteiger partial charge in [-0.1, -0.05) is 26.0 Å². The Morgan fingerprint density at radius 3 is 2.42 bits per heavy atom. The van der Waals surface area contributed by atoms with Crippen molar-refractivity contribution in [3.63, 3.8) is 0 Å². The Balaban J connectivity index is 1.47. The maximum Gasteiger partial charge on any atom is 0.230 e. The minimum Gasteiger partial charge on any atom is -0.497 e. The van der Waals surface area contributed by atoms with Gasteiger partial charge in [0.25, 0.3) is 0 Å². The van der Waals surface area contributed by atoms with Crippen LogP contribution < -0.4 is 4.74 Å². The summed E-state index contributed by atoms with van der Waals surface area (Å²) < 4.78 is 10.8. The van der Waals surface area contributed by atoms with Crippen molar-refractivity contribution in [3.8, 4) is 5.75 Å². The van der Waals surface area contributed by atoms with Crippen molar-refractivity contribution in [1.82, 2.24) is 20.0 Å². The Hall–Kier alpha value is -2.41. The van der Waals surface area contributed by atoms with Gasteiger partial charge in [-0.2, -0.15) is 0 Å². The van der Waals surface area contributed by atoms with Gasteiger partial charge in [0, 0.05) is 32.1 Å². The van der Waals surface area contributed by atoms with Crippen LogP contribution >= 0.6 is 0 Å². The van der Waals surface area contributed by atoms with E-state index in [4.69, 9.17) is 9.15 Å². The van der Waals surface area contributed by atoms with Gasteiger partial charge >= 0.3 is 0 Å². The average Bonchev–Trinajstić information content (AvgIpc) is 3.12. The fourth-order valence-corrected chi connectivity index (χ4v) is 2.94. The van der Waals surface area contributed by atoms with Crippen LogP contribution in [-0.4, -0.2) is 59.2 Å². The topological polar surface area (TPSA) is 71.7 Å². The first-order chi connectivity index (χ1) is 12.5. The van der Waals surface area contributed by atoms with Crippen molar-refractivity contribution in [2.45, 2.75) is 32.7 Å². The standard InChI is InChI=1S/C19H26N4O3/c1-14(2)19-21-20-17(26-19)13-22-8-10-23(11-9-22)18(24)12-15-4-6-16(25-3)7-5-15/h4-7,14H,8-13H2,1-3H3. The van der Waals surface area contributed by atoms with Crippen LogP contribution in [0.4, 0.5) is 0 Å². The fraction of sp³-hybridized carbons (Fsp3) is 0.526. The number of benzene rings is 1. The molecule has 1 amide bonds. The van der Waals surface area contributed by atoms with E-state index in [2.05, 4.69) is 15.1 Å². The second-order valence-electron chi connectivity index (χ2n) is 6.87. The van der Waals surface area contributed by atoms with E-state index in [0.29, 0.717) is 24.7 Å². The molecule has 0 atom stereocenters. The number of hydrogen-bond donors (Lipinski definition) is 0.